The zero-order valence-corrected chi connectivity index (χ0v) is 6.72. The molecule has 0 atom stereocenters. The van der Waals surface area contributed by atoms with Crippen LogP contribution in [-0.2, 0) is 0 Å². The van der Waals surface area contributed by atoms with Crippen molar-refractivity contribution in [3.05, 3.63) is 30.3 Å². The van der Waals surface area contributed by atoms with E-state index in [0.29, 0.717) is 0 Å². The predicted octanol–water partition coefficient (Wildman–Crippen LogP) is -1.60. The first-order valence-electron chi connectivity index (χ1n) is 3.79. The first-order chi connectivity index (χ1) is 5.83. The maximum atomic E-state index is 9.28. The van der Waals surface area contributed by atoms with E-state index in [-0.39, 0.29) is 0 Å². The Morgan fingerprint density at radius 2 is 1.92 bits per heavy atom. The van der Waals surface area contributed by atoms with Crippen LogP contribution in [0.5, 0.6) is 0 Å². The Bertz CT molecular complexity index is 216. The Morgan fingerprint density at radius 3 is 2.50 bits per heavy atom. The summed E-state index contributed by atoms with van der Waals surface area (Å²) < 4.78 is 0. The molecule has 0 fully saturated rings. The molecule has 0 aliphatic rings. The van der Waals surface area contributed by atoms with Crippen molar-refractivity contribution in [1.29, 1.82) is 0 Å². The highest BCUT2D eigenvalue weighted by molar-refractivity contribution is 7.56. The molecule has 0 saturated heterocycles. The Labute approximate surface area is 77.1 Å². The van der Waals surface area contributed by atoms with Gasteiger partial charge in [0.2, 0.25) is 0 Å². The van der Waals surface area contributed by atoms with Crippen molar-refractivity contribution < 1.29 is 5.02 Å². The van der Waals surface area contributed by atoms with Crippen LogP contribution in [0.25, 0.3) is 0 Å². The molecule has 0 heterocycles. The lowest BCUT2D eigenvalue weighted by Gasteiger charge is -2.02. The van der Waals surface area contributed by atoms with Crippen LogP contribution in [0.15, 0.2) is 30.3 Å². The van der Waals surface area contributed by atoms with Crippen molar-refractivity contribution in [1.82, 2.24) is 0 Å². The van der Waals surface area contributed by atoms with E-state index in [1.54, 1.807) is 7.17 Å². The summed E-state index contributed by atoms with van der Waals surface area (Å²) in [4.78, 5) is 0. The third-order valence-corrected chi connectivity index (χ3v) is 1.47. The standard InChI is InChI=1S/C6H6B5O/c7-9-10-11(12)8-6-4-2-1-3-5-6/h1-5,12H. The molecule has 0 bridgehead atoms. The molecule has 1 aromatic rings. The molecule has 0 aromatic heterocycles. The van der Waals surface area contributed by atoms with E-state index in [9.17, 15) is 5.02 Å². The first kappa shape index (κ1) is 9.59. The molecule has 51 valence electrons. The van der Waals surface area contributed by atoms with Crippen molar-refractivity contribution in [2.24, 2.45) is 0 Å². The van der Waals surface area contributed by atoms with Gasteiger partial charge in [0, 0.05) is 21.9 Å². The lowest BCUT2D eigenvalue weighted by molar-refractivity contribution is 0.613. The molecule has 1 aromatic carbocycles. The highest BCUT2D eigenvalue weighted by Gasteiger charge is 2.10. The third kappa shape index (κ3) is 3.27. The van der Waals surface area contributed by atoms with Crippen LogP contribution < -0.4 is 5.46 Å². The predicted molar refractivity (Wildman–Crippen MR) is 57.1 cm³/mol. The van der Waals surface area contributed by atoms with Crippen molar-refractivity contribution in [2.75, 3.05) is 0 Å². The van der Waals surface area contributed by atoms with Gasteiger partial charge in [-0.25, -0.2) is 0 Å². The molecule has 1 N–H and O–H groups in total. The van der Waals surface area contributed by atoms with Crippen LogP contribution in [0.3, 0.4) is 0 Å². The van der Waals surface area contributed by atoms with Crippen LogP contribution in [0, 0.1) is 0 Å². The van der Waals surface area contributed by atoms with Crippen molar-refractivity contribution in [3.8, 4) is 0 Å². The lowest BCUT2D eigenvalue weighted by Crippen LogP contribution is -2.40. The molecule has 0 aliphatic carbocycles. The highest BCUT2D eigenvalue weighted by atomic mass is 16.2. The van der Waals surface area contributed by atoms with E-state index in [1.165, 1.54) is 14.1 Å². The van der Waals surface area contributed by atoms with Crippen molar-refractivity contribution >= 4 is 41.2 Å². The molecule has 0 amide bonds. The summed E-state index contributed by atoms with van der Waals surface area (Å²) in [6, 6.07) is 9.62. The maximum absolute atomic E-state index is 9.28. The van der Waals surface area contributed by atoms with Gasteiger partial charge in [0.1, 0.15) is 7.17 Å². The lowest BCUT2D eigenvalue weighted by atomic mass is 9.00. The van der Waals surface area contributed by atoms with E-state index in [2.05, 4.69) is 0 Å². The second-order valence-corrected chi connectivity index (χ2v) is 2.45. The summed E-state index contributed by atoms with van der Waals surface area (Å²) in [5.74, 6) is 0. The Morgan fingerprint density at radius 1 is 1.25 bits per heavy atom. The molecule has 0 spiro atoms. The van der Waals surface area contributed by atoms with Gasteiger partial charge in [0.25, 0.3) is 0 Å². The summed E-state index contributed by atoms with van der Waals surface area (Å²) in [5.41, 5.74) is 0.989. The Kier molecular flexibility index (Phi) is 4.16. The van der Waals surface area contributed by atoms with Crippen molar-refractivity contribution in [2.45, 2.75) is 0 Å². The number of hydrogen-bond acceptors (Lipinski definition) is 1. The van der Waals surface area contributed by atoms with Crippen LogP contribution in [0.4, 0.5) is 0 Å². The molecule has 6 heteroatoms. The molecular weight excluding hydrogens is 142 g/mol. The minimum Gasteiger partial charge on any atom is -0.469 e. The molecule has 1 nitrogen and oxygen atoms in total. The second kappa shape index (κ2) is 5.20. The molecule has 0 aliphatic heterocycles. The zero-order valence-electron chi connectivity index (χ0n) is 6.72. The Hall–Kier alpha value is -0.495. The smallest absolute Gasteiger partial charge is 0.198 e. The van der Waals surface area contributed by atoms with Gasteiger partial charge in [-0.05, 0) is 0 Å². The van der Waals surface area contributed by atoms with Crippen LogP contribution in [-0.4, -0.2) is 40.8 Å². The molecule has 1 rings (SSSR count). The average Bonchev–Trinajstić information content (AvgIpc) is 2.06. The van der Waals surface area contributed by atoms with Gasteiger partial charge < -0.3 is 5.02 Å². The monoisotopic (exact) mass is 149 g/mol. The summed E-state index contributed by atoms with van der Waals surface area (Å²) >= 11 is 0. The maximum Gasteiger partial charge on any atom is 0.198 e. The minimum atomic E-state index is -0.600. The number of benzene rings is 1. The van der Waals surface area contributed by atoms with E-state index in [0.717, 1.165) is 5.46 Å². The first-order valence-corrected chi connectivity index (χ1v) is 3.79. The zero-order chi connectivity index (χ0) is 8.81. The van der Waals surface area contributed by atoms with Crippen molar-refractivity contribution in [3.63, 3.8) is 0 Å². The fourth-order valence-corrected chi connectivity index (χ4v) is 0.931. The van der Waals surface area contributed by atoms with Gasteiger partial charge in [-0.2, -0.15) is 0 Å². The average molecular weight is 148 g/mol. The van der Waals surface area contributed by atoms with Gasteiger partial charge in [-0.15, -0.1) is 0 Å². The van der Waals surface area contributed by atoms with E-state index >= 15 is 0 Å². The van der Waals surface area contributed by atoms with Gasteiger partial charge >= 0.3 is 0 Å². The second-order valence-electron chi connectivity index (χ2n) is 2.45. The van der Waals surface area contributed by atoms with Crippen LogP contribution in [0.1, 0.15) is 0 Å². The Balaban J connectivity index is 2.41. The van der Waals surface area contributed by atoms with Crippen LogP contribution >= 0.6 is 0 Å². The molecule has 0 unspecified atom stereocenters. The van der Waals surface area contributed by atoms with Gasteiger partial charge in [0.15, 0.2) is 6.70 Å². The normalized spacial score (nSPS) is 8.75. The fraction of sp³-hybridized carbons (Fsp3) is 0. The topological polar surface area (TPSA) is 20.2 Å². The molecule has 0 saturated carbocycles. The largest absolute Gasteiger partial charge is 0.469 e. The van der Waals surface area contributed by atoms with E-state index in [1.807, 2.05) is 30.3 Å². The summed E-state index contributed by atoms with van der Waals surface area (Å²) in [6.07, 6.45) is 0. The van der Waals surface area contributed by atoms with Crippen LogP contribution in [0.2, 0.25) is 0 Å². The van der Waals surface area contributed by atoms with E-state index in [4.69, 9.17) is 7.74 Å². The summed E-state index contributed by atoms with van der Waals surface area (Å²) in [5, 5.41) is 9.28. The fourth-order valence-electron chi connectivity index (χ4n) is 0.931. The quantitative estimate of drug-likeness (QED) is 0.510. The van der Waals surface area contributed by atoms with Gasteiger partial charge in [0.05, 0.1) is 0 Å². The SMILES string of the molecule is [B][B][B]B(O)[B]c1ccccc1. The third-order valence-electron chi connectivity index (χ3n) is 1.47. The highest BCUT2D eigenvalue weighted by Crippen LogP contribution is 1.81. The minimum absolute atomic E-state index is 0.600. The molecule has 12 heavy (non-hydrogen) atoms. The summed E-state index contributed by atoms with van der Waals surface area (Å²) in [7, 11) is 9.71. The molecule has 5 radical (unpaired) electrons. The number of hydrogen-bond donors (Lipinski definition) is 1. The molecular formula is C6H6B5O. The van der Waals surface area contributed by atoms with E-state index < -0.39 is 6.70 Å². The van der Waals surface area contributed by atoms with Gasteiger partial charge in [-0.3, -0.25) is 0 Å². The van der Waals surface area contributed by atoms with Gasteiger partial charge in [-0.1, -0.05) is 35.8 Å². The summed E-state index contributed by atoms with van der Waals surface area (Å²) in [6.45, 7) is -0.600. The number of rotatable bonds is 4.